The van der Waals surface area contributed by atoms with Crippen molar-refractivity contribution in [3.8, 4) is 0 Å². The molecule has 2 aliphatic heterocycles. The number of carbonyl (C=O) groups excluding carboxylic acids is 2. The maximum atomic E-state index is 13.2. The SMILES string of the molecule is CC(C)CCNC(=O)[C@H]1Cc2cc([N+](=O)[O-])ccc2N2CCN(C(=O)c3ccco3)C[C@H]12. The Kier molecular flexibility index (Phi) is 6.16. The van der Waals surface area contributed by atoms with Crippen LogP contribution in [0.4, 0.5) is 11.4 Å². The summed E-state index contributed by atoms with van der Waals surface area (Å²) >= 11 is 0. The van der Waals surface area contributed by atoms with Crippen LogP contribution in [0.25, 0.3) is 0 Å². The molecule has 9 nitrogen and oxygen atoms in total. The number of non-ortho nitro benzene ring substituents is 1. The number of rotatable bonds is 6. The summed E-state index contributed by atoms with van der Waals surface area (Å²) in [4.78, 5) is 40.8. The second kappa shape index (κ2) is 9.02. The minimum Gasteiger partial charge on any atom is -0.459 e. The molecule has 0 saturated carbocycles. The van der Waals surface area contributed by atoms with Crippen molar-refractivity contribution in [1.29, 1.82) is 0 Å². The molecule has 0 bridgehead atoms. The summed E-state index contributed by atoms with van der Waals surface area (Å²) in [6.07, 6.45) is 2.74. The Bertz CT molecular complexity index is 1000. The molecule has 1 aromatic carbocycles. The average Bonchev–Trinajstić information content (AvgIpc) is 3.31. The predicted octanol–water partition coefficient (Wildman–Crippen LogP) is 2.85. The van der Waals surface area contributed by atoms with Crippen molar-refractivity contribution in [2.24, 2.45) is 11.8 Å². The standard InChI is InChI=1S/C23H28N4O5/c1-15(2)7-8-24-22(28)18-13-16-12-17(27(30)31)5-6-19(16)26-10-9-25(14-20(18)26)23(29)21-4-3-11-32-21/h3-6,11-12,15,18,20H,7-10,13-14H2,1-2H3,(H,24,28)/t18-,20+/m0/s1. The first kappa shape index (κ1) is 21.9. The van der Waals surface area contributed by atoms with Crippen LogP contribution in [-0.4, -0.2) is 53.9 Å². The number of piperazine rings is 1. The van der Waals surface area contributed by atoms with Crippen LogP contribution in [0.2, 0.25) is 0 Å². The summed E-state index contributed by atoms with van der Waals surface area (Å²) in [6.45, 7) is 6.19. The molecule has 170 valence electrons. The number of nitrogens with one attached hydrogen (secondary N) is 1. The minimum atomic E-state index is -0.413. The zero-order valence-corrected chi connectivity index (χ0v) is 18.3. The molecule has 32 heavy (non-hydrogen) atoms. The zero-order chi connectivity index (χ0) is 22.8. The summed E-state index contributed by atoms with van der Waals surface area (Å²) in [5.41, 5.74) is 1.72. The van der Waals surface area contributed by atoms with Gasteiger partial charge in [-0.2, -0.15) is 0 Å². The predicted molar refractivity (Wildman–Crippen MR) is 119 cm³/mol. The molecular formula is C23H28N4O5. The van der Waals surface area contributed by atoms with E-state index < -0.39 is 10.8 Å². The quantitative estimate of drug-likeness (QED) is 0.547. The Morgan fingerprint density at radius 2 is 2.09 bits per heavy atom. The third kappa shape index (κ3) is 4.32. The van der Waals surface area contributed by atoms with E-state index in [1.807, 2.05) is 0 Å². The molecule has 1 fully saturated rings. The molecule has 2 aliphatic rings. The van der Waals surface area contributed by atoms with Gasteiger partial charge in [-0.1, -0.05) is 13.8 Å². The molecule has 1 saturated heterocycles. The molecule has 0 unspecified atom stereocenters. The van der Waals surface area contributed by atoms with Gasteiger partial charge in [0.25, 0.3) is 11.6 Å². The molecule has 0 aliphatic carbocycles. The number of furan rings is 1. The Morgan fingerprint density at radius 3 is 2.78 bits per heavy atom. The highest BCUT2D eigenvalue weighted by Gasteiger charge is 2.43. The van der Waals surface area contributed by atoms with Crippen molar-refractivity contribution in [1.82, 2.24) is 10.2 Å². The Balaban J connectivity index is 1.61. The summed E-state index contributed by atoms with van der Waals surface area (Å²) in [6, 6.07) is 7.94. The van der Waals surface area contributed by atoms with E-state index in [1.165, 1.54) is 12.3 Å². The molecule has 0 spiro atoms. The summed E-state index contributed by atoms with van der Waals surface area (Å²) in [5.74, 6) is 0.0675. The average molecular weight is 441 g/mol. The summed E-state index contributed by atoms with van der Waals surface area (Å²) in [7, 11) is 0. The molecule has 0 radical (unpaired) electrons. The van der Waals surface area contributed by atoms with Crippen molar-refractivity contribution >= 4 is 23.2 Å². The lowest BCUT2D eigenvalue weighted by atomic mass is 9.83. The third-order valence-corrected chi connectivity index (χ3v) is 6.28. The molecule has 9 heteroatoms. The first-order valence-electron chi connectivity index (χ1n) is 11.0. The van der Waals surface area contributed by atoms with E-state index in [0.717, 1.165) is 17.7 Å². The van der Waals surface area contributed by atoms with Crippen LogP contribution < -0.4 is 10.2 Å². The monoisotopic (exact) mass is 440 g/mol. The molecule has 2 atom stereocenters. The molecular weight excluding hydrogens is 412 g/mol. The topological polar surface area (TPSA) is 109 Å². The van der Waals surface area contributed by atoms with Crippen LogP contribution in [0.3, 0.4) is 0 Å². The van der Waals surface area contributed by atoms with Crippen LogP contribution in [0, 0.1) is 22.0 Å². The van der Waals surface area contributed by atoms with Gasteiger partial charge in [0.05, 0.1) is 23.1 Å². The molecule has 3 heterocycles. The second-order valence-corrected chi connectivity index (χ2v) is 8.84. The minimum absolute atomic E-state index is 0.0211. The van der Waals surface area contributed by atoms with Gasteiger partial charge < -0.3 is 19.5 Å². The fourth-order valence-electron chi connectivity index (χ4n) is 4.58. The Labute approximate surface area is 186 Å². The van der Waals surface area contributed by atoms with Gasteiger partial charge in [-0.15, -0.1) is 0 Å². The molecule has 2 aromatic rings. The highest BCUT2D eigenvalue weighted by Crippen LogP contribution is 2.38. The highest BCUT2D eigenvalue weighted by molar-refractivity contribution is 5.92. The summed E-state index contributed by atoms with van der Waals surface area (Å²) in [5, 5.41) is 14.3. The van der Waals surface area contributed by atoms with Crippen LogP contribution in [-0.2, 0) is 11.2 Å². The number of amides is 2. The highest BCUT2D eigenvalue weighted by atomic mass is 16.6. The van der Waals surface area contributed by atoms with Gasteiger partial charge in [-0.25, -0.2) is 0 Å². The first-order chi connectivity index (χ1) is 15.3. The lowest BCUT2D eigenvalue weighted by Gasteiger charge is -2.48. The van der Waals surface area contributed by atoms with Gasteiger partial charge in [0.15, 0.2) is 5.76 Å². The number of nitrogens with zero attached hydrogens (tertiary/aromatic N) is 3. The van der Waals surface area contributed by atoms with Crippen LogP contribution >= 0.6 is 0 Å². The molecule has 4 rings (SSSR count). The lowest BCUT2D eigenvalue weighted by Crippen LogP contribution is -2.62. The smallest absolute Gasteiger partial charge is 0.289 e. The van der Waals surface area contributed by atoms with E-state index in [0.29, 0.717) is 38.5 Å². The van der Waals surface area contributed by atoms with Gasteiger partial charge in [-0.05, 0) is 42.5 Å². The number of nitro groups is 1. The third-order valence-electron chi connectivity index (χ3n) is 6.28. The van der Waals surface area contributed by atoms with E-state index in [1.54, 1.807) is 29.2 Å². The van der Waals surface area contributed by atoms with Gasteiger partial charge in [0.2, 0.25) is 5.91 Å². The van der Waals surface area contributed by atoms with Crippen molar-refractivity contribution in [3.05, 3.63) is 58.0 Å². The van der Waals surface area contributed by atoms with Gasteiger partial charge >= 0.3 is 0 Å². The molecule has 2 amide bonds. The zero-order valence-electron chi connectivity index (χ0n) is 18.3. The van der Waals surface area contributed by atoms with E-state index in [-0.39, 0.29) is 29.3 Å². The van der Waals surface area contributed by atoms with Crippen molar-refractivity contribution in [3.63, 3.8) is 0 Å². The first-order valence-corrected chi connectivity index (χ1v) is 11.0. The largest absolute Gasteiger partial charge is 0.459 e. The van der Waals surface area contributed by atoms with Gasteiger partial charge in [-0.3, -0.25) is 19.7 Å². The van der Waals surface area contributed by atoms with Crippen molar-refractivity contribution in [2.45, 2.75) is 32.7 Å². The van der Waals surface area contributed by atoms with Crippen molar-refractivity contribution in [2.75, 3.05) is 31.1 Å². The Morgan fingerprint density at radius 1 is 1.28 bits per heavy atom. The van der Waals surface area contributed by atoms with Crippen molar-refractivity contribution < 1.29 is 18.9 Å². The number of carbonyl (C=O) groups is 2. The molecule has 1 aromatic heterocycles. The Hall–Kier alpha value is -3.36. The maximum absolute atomic E-state index is 13.2. The van der Waals surface area contributed by atoms with Gasteiger partial charge in [0.1, 0.15) is 0 Å². The van der Waals surface area contributed by atoms with E-state index >= 15 is 0 Å². The second-order valence-electron chi connectivity index (χ2n) is 8.84. The van der Waals surface area contributed by atoms with E-state index in [2.05, 4.69) is 24.1 Å². The molecule has 1 N–H and O–H groups in total. The number of hydrogen-bond acceptors (Lipinski definition) is 6. The summed E-state index contributed by atoms with van der Waals surface area (Å²) < 4.78 is 5.28. The lowest BCUT2D eigenvalue weighted by molar-refractivity contribution is -0.384. The van der Waals surface area contributed by atoms with Gasteiger partial charge in [0, 0.05) is 44.0 Å². The number of benzene rings is 1. The number of anilines is 1. The van der Waals surface area contributed by atoms with Crippen LogP contribution in [0.1, 0.15) is 36.4 Å². The number of fused-ring (bicyclic) bond motifs is 3. The maximum Gasteiger partial charge on any atom is 0.289 e. The van der Waals surface area contributed by atoms with Crippen LogP contribution in [0.5, 0.6) is 0 Å². The normalized spacial score (nSPS) is 20.0. The van der Waals surface area contributed by atoms with E-state index in [4.69, 9.17) is 4.42 Å². The van der Waals surface area contributed by atoms with Crippen LogP contribution in [0.15, 0.2) is 41.0 Å². The number of nitro benzene ring substituents is 1. The fraction of sp³-hybridized carbons (Fsp3) is 0.478. The number of hydrogen-bond donors (Lipinski definition) is 1. The fourth-order valence-corrected chi connectivity index (χ4v) is 4.58. The van der Waals surface area contributed by atoms with E-state index in [9.17, 15) is 19.7 Å².